The summed E-state index contributed by atoms with van der Waals surface area (Å²) in [4.78, 5) is 19.8. The van der Waals surface area contributed by atoms with Crippen LogP contribution in [0.2, 0.25) is 0 Å². The van der Waals surface area contributed by atoms with Gasteiger partial charge in [0.15, 0.2) is 11.5 Å². The van der Waals surface area contributed by atoms with Crippen LogP contribution in [0.15, 0.2) is 103 Å². The van der Waals surface area contributed by atoms with Crippen LogP contribution >= 0.6 is 0 Å². The van der Waals surface area contributed by atoms with Crippen molar-refractivity contribution in [3.05, 3.63) is 108 Å². The summed E-state index contributed by atoms with van der Waals surface area (Å²) in [6, 6.07) is 20.9. The van der Waals surface area contributed by atoms with E-state index in [-0.39, 0.29) is 6.54 Å². The van der Waals surface area contributed by atoms with Crippen molar-refractivity contribution in [2.24, 2.45) is 0 Å². The van der Waals surface area contributed by atoms with E-state index in [1.807, 2.05) is 49.4 Å². The number of pyridine rings is 1. The van der Waals surface area contributed by atoms with E-state index in [1.54, 1.807) is 69.0 Å². The predicted molar refractivity (Wildman–Crippen MR) is 170 cm³/mol. The Bertz CT molecular complexity index is 1860. The number of amides is 2. The first-order chi connectivity index (χ1) is 21.3. The topological polar surface area (TPSA) is 98.3 Å². The highest BCUT2D eigenvalue weighted by Gasteiger charge is 2.47. The van der Waals surface area contributed by atoms with Gasteiger partial charge in [0.2, 0.25) is 10.0 Å². The van der Waals surface area contributed by atoms with Gasteiger partial charge in [-0.25, -0.2) is 17.5 Å². The van der Waals surface area contributed by atoms with Gasteiger partial charge in [-0.2, -0.15) is 0 Å². The van der Waals surface area contributed by atoms with E-state index < -0.39 is 27.3 Å². The summed E-state index contributed by atoms with van der Waals surface area (Å²) in [6.07, 6.45) is 7.78. The molecule has 3 aromatic carbocycles. The lowest BCUT2D eigenvalue weighted by atomic mass is 10.1. The third-order valence-electron chi connectivity index (χ3n) is 7.94. The maximum Gasteiger partial charge on any atom is 0.338 e. The van der Waals surface area contributed by atoms with Crippen molar-refractivity contribution in [2.75, 3.05) is 25.7 Å². The molecule has 2 aliphatic rings. The number of sulfonamides is 1. The Kier molecular flexibility index (Phi) is 8.01. The second kappa shape index (κ2) is 12.0. The molecule has 2 atom stereocenters. The Labute approximate surface area is 257 Å². The largest absolute Gasteiger partial charge is 0.493 e. The molecule has 9 nitrogen and oxygen atoms in total. The zero-order valence-electron chi connectivity index (χ0n) is 24.7. The van der Waals surface area contributed by atoms with Crippen molar-refractivity contribution >= 4 is 32.6 Å². The van der Waals surface area contributed by atoms with Crippen LogP contribution in [-0.4, -0.2) is 55.8 Å². The maximum absolute atomic E-state index is 13.9. The minimum absolute atomic E-state index is 0.231. The highest BCUT2D eigenvalue weighted by molar-refractivity contribution is 7.90. The van der Waals surface area contributed by atoms with Crippen LogP contribution in [-0.2, 0) is 16.4 Å². The molecule has 2 heterocycles. The van der Waals surface area contributed by atoms with Gasteiger partial charge in [-0.15, -0.1) is 0 Å². The van der Waals surface area contributed by atoms with Crippen LogP contribution in [0.3, 0.4) is 0 Å². The quantitative estimate of drug-likeness (QED) is 0.213. The molecule has 0 radical (unpaired) electrons. The molecule has 1 fully saturated rings. The van der Waals surface area contributed by atoms with Crippen LogP contribution in [0.1, 0.15) is 18.9 Å². The number of urea groups is 1. The molecular weight excluding hydrogens is 578 g/mol. The minimum atomic E-state index is -3.96. The number of hydrogen-bond acceptors (Lipinski definition) is 7. The average molecular weight is 612 g/mol. The lowest BCUT2D eigenvalue weighted by Crippen LogP contribution is -2.45. The molecule has 2 unspecified atom stereocenters. The van der Waals surface area contributed by atoms with E-state index in [0.29, 0.717) is 47.0 Å². The highest BCUT2D eigenvalue weighted by Crippen LogP contribution is 2.38. The number of anilines is 1. The lowest BCUT2D eigenvalue weighted by Gasteiger charge is -2.27. The molecule has 0 N–H and O–H groups in total. The third-order valence-corrected chi connectivity index (χ3v) is 10.1. The van der Waals surface area contributed by atoms with Crippen molar-refractivity contribution < 1.29 is 27.4 Å². The summed E-state index contributed by atoms with van der Waals surface area (Å²) < 4.78 is 45.9. The highest BCUT2D eigenvalue weighted by atomic mass is 32.2. The van der Waals surface area contributed by atoms with Crippen molar-refractivity contribution in [1.82, 2.24) is 9.29 Å². The fourth-order valence-electron chi connectivity index (χ4n) is 5.64. The van der Waals surface area contributed by atoms with E-state index in [2.05, 4.69) is 4.98 Å². The van der Waals surface area contributed by atoms with Gasteiger partial charge in [-0.1, -0.05) is 54.1 Å². The SMILES string of the molecule is COc1cc2nccc(Oc3ccc(N4CC(Cc5ccccc5)N(S(=O)(=O)C5C=CC(C)=CC5)C4=O)cc3)c2cc1OC. The molecule has 0 spiro atoms. The Balaban J connectivity index is 1.27. The van der Waals surface area contributed by atoms with Gasteiger partial charge < -0.3 is 14.2 Å². The van der Waals surface area contributed by atoms with Crippen LogP contribution < -0.4 is 19.1 Å². The van der Waals surface area contributed by atoms with Crippen molar-refractivity contribution in [3.8, 4) is 23.0 Å². The molecule has 2 amide bonds. The number of methoxy groups -OCH3 is 2. The fourth-order valence-corrected chi connectivity index (χ4v) is 7.42. The minimum Gasteiger partial charge on any atom is -0.493 e. The zero-order chi connectivity index (χ0) is 30.8. The summed E-state index contributed by atoms with van der Waals surface area (Å²) in [5.41, 5.74) is 3.24. The first-order valence-electron chi connectivity index (χ1n) is 14.3. The zero-order valence-corrected chi connectivity index (χ0v) is 25.5. The van der Waals surface area contributed by atoms with Crippen LogP contribution in [0.5, 0.6) is 23.0 Å². The van der Waals surface area contributed by atoms with Gasteiger partial charge in [-0.05, 0) is 61.7 Å². The number of rotatable bonds is 9. The Morgan fingerprint density at radius 3 is 2.34 bits per heavy atom. The normalized spacial score (nSPS) is 18.4. The van der Waals surface area contributed by atoms with E-state index in [9.17, 15) is 13.2 Å². The smallest absolute Gasteiger partial charge is 0.338 e. The molecule has 6 rings (SSSR count). The molecule has 0 saturated carbocycles. The average Bonchev–Trinajstić information content (AvgIpc) is 3.37. The molecule has 44 heavy (non-hydrogen) atoms. The molecule has 1 aliphatic carbocycles. The van der Waals surface area contributed by atoms with Crippen LogP contribution in [0, 0.1) is 0 Å². The first-order valence-corrected chi connectivity index (χ1v) is 15.8. The summed E-state index contributed by atoms with van der Waals surface area (Å²) in [6.45, 7) is 2.16. The van der Waals surface area contributed by atoms with Gasteiger partial charge in [0.05, 0.1) is 25.8 Å². The number of aromatic nitrogens is 1. The number of allylic oxidation sites excluding steroid dienone is 3. The molecule has 10 heteroatoms. The molecule has 1 aliphatic heterocycles. The van der Waals surface area contributed by atoms with Crippen molar-refractivity contribution in [3.63, 3.8) is 0 Å². The van der Waals surface area contributed by atoms with Crippen molar-refractivity contribution in [1.29, 1.82) is 0 Å². The Morgan fingerprint density at radius 2 is 1.66 bits per heavy atom. The fraction of sp³-hybridized carbons (Fsp3) is 0.235. The summed E-state index contributed by atoms with van der Waals surface area (Å²) >= 11 is 0. The predicted octanol–water partition coefficient (Wildman–Crippen LogP) is 6.50. The Morgan fingerprint density at radius 1 is 0.932 bits per heavy atom. The van der Waals surface area contributed by atoms with Crippen LogP contribution in [0.25, 0.3) is 10.9 Å². The van der Waals surface area contributed by atoms with E-state index >= 15 is 0 Å². The summed E-state index contributed by atoms with van der Waals surface area (Å²) in [7, 11) is -0.825. The number of carbonyl (C=O) groups excluding carboxylic acids is 1. The number of fused-ring (bicyclic) bond motifs is 1. The van der Waals surface area contributed by atoms with Gasteiger partial charge in [0.25, 0.3) is 0 Å². The number of benzene rings is 3. The monoisotopic (exact) mass is 611 g/mol. The third kappa shape index (κ3) is 5.60. The molecule has 4 aromatic rings. The molecule has 1 aromatic heterocycles. The maximum atomic E-state index is 13.9. The van der Waals surface area contributed by atoms with Gasteiger partial charge in [0, 0.05) is 29.9 Å². The van der Waals surface area contributed by atoms with Gasteiger partial charge in [0.1, 0.15) is 16.7 Å². The number of carbonyl (C=O) groups is 1. The molecule has 1 saturated heterocycles. The van der Waals surface area contributed by atoms with Crippen molar-refractivity contribution in [2.45, 2.75) is 31.1 Å². The molecular formula is C34H33N3O6S. The summed E-state index contributed by atoms with van der Waals surface area (Å²) in [5.74, 6) is 2.24. The molecule has 226 valence electrons. The number of ether oxygens (including phenoxy) is 3. The van der Waals surface area contributed by atoms with E-state index in [4.69, 9.17) is 14.2 Å². The Hall–Kier alpha value is -4.83. The van der Waals surface area contributed by atoms with Gasteiger partial charge >= 0.3 is 6.03 Å². The second-order valence-corrected chi connectivity index (χ2v) is 12.8. The number of nitrogens with zero attached hydrogens (tertiary/aromatic N) is 3. The standard InChI is InChI=1S/C34H33N3O6S/c1-23-9-15-28(16-10-23)44(39,40)37-26(19-24-7-5-4-6-8-24)22-36(34(37)38)25-11-13-27(14-12-25)43-31-17-18-35-30-21-33(42-3)32(41-2)20-29(30)31/h4-15,17-18,20-21,26,28H,16,19,22H2,1-3H3. The van der Waals surface area contributed by atoms with E-state index in [0.717, 1.165) is 20.8 Å². The summed E-state index contributed by atoms with van der Waals surface area (Å²) in [5, 5.41) is -0.0479. The second-order valence-electron chi connectivity index (χ2n) is 10.8. The van der Waals surface area contributed by atoms with Gasteiger partial charge in [-0.3, -0.25) is 9.88 Å². The number of hydrogen-bond donors (Lipinski definition) is 0. The van der Waals surface area contributed by atoms with E-state index in [1.165, 1.54) is 4.90 Å². The molecule has 0 bridgehead atoms. The first kappa shape index (κ1) is 29.3. The van der Waals surface area contributed by atoms with Crippen LogP contribution in [0.4, 0.5) is 10.5 Å². The lowest BCUT2D eigenvalue weighted by molar-refractivity contribution is 0.233.